The lowest BCUT2D eigenvalue weighted by atomic mass is 9.89. The first-order chi connectivity index (χ1) is 16.3. The molecule has 33 heavy (non-hydrogen) atoms. The molecule has 1 aliphatic rings. The highest BCUT2D eigenvalue weighted by Gasteiger charge is 2.22. The quantitative estimate of drug-likeness (QED) is 0.316. The normalized spacial score (nSPS) is 15.6. The molecule has 0 N–H and O–H groups in total. The Bertz CT molecular complexity index is 881. The van der Waals surface area contributed by atoms with Gasteiger partial charge in [0.15, 0.2) is 0 Å². The van der Waals surface area contributed by atoms with Gasteiger partial charge in [0, 0.05) is 29.8 Å². The molecule has 0 bridgehead atoms. The summed E-state index contributed by atoms with van der Waals surface area (Å²) in [6.45, 7) is 8.58. The van der Waals surface area contributed by atoms with Gasteiger partial charge in [-0.25, -0.2) is 4.31 Å². The number of piperidine rings is 1. The van der Waals surface area contributed by atoms with Crippen LogP contribution in [0.15, 0.2) is 90.1 Å². The van der Waals surface area contributed by atoms with Gasteiger partial charge in [0.2, 0.25) is 0 Å². The van der Waals surface area contributed by atoms with Crippen molar-refractivity contribution in [1.82, 2.24) is 14.2 Å². The molecule has 0 saturated carbocycles. The summed E-state index contributed by atoms with van der Waals surface area (Å²) in [5, 5.41) is 0. The first-order valence-electron chi connectivity index (χ1n) is 12.4. The van der Waals surface area contributed by atoms with E-state index in [1.807, 2.05) is 38.2 Å². The number of rotatable bonds is 9. The molecule has 3 aromatic rings. The van der Waals surface area contributed by atoms with E-state index in [2.05, 4.69) is 94.0 Å². The van der Waals surface area contributed by atoms with Crippen LogP contribution in [0.1, 0.15) is 56.1 Å². The maximum absolute atomic E-state index is 4.40. The van der Waals surface area contributed by atoms with Gasteiger partial charge >= 0.3 is 0 Å². The van der Waals surface area contributed by atoms with E-state index in [0.29, 0.717) is 5.92 Å². The van der Waals surface area contributed by atoms with Crippen LogP contribution < -0.4 is 0 Å². The van der Waals surface area contributed by atoms with Crippen molar-refractivity contribution in [3.8, 4) is 0 Å². The van der Waals surface area contributed by atoms with Gasteiger partial charge in [-0.15, -0.1) is 0 Å². The van der Waals surface area contributed by atoms with Gasteiger partial charge in [-0.2, -0.15) is 0 Å². The summed E-state index contributed by atoms with van der Waals surface area (Å²) >= 11 is 1.83. The number of nitrogens with zero attached hydrogens (tertiary/aromatic N) is 3. The van der Waals surface area contributed by atoms with Gasteiger partial charge in [-0.05, 0) is 93.1 Å². The Morgan fingerprint density at radius 2 is 1.61 bits per heavy atom. The van der Waals surface area contributed by atoms with Crippen LogP contribution in [0.25, 0.3) is 0 Å². The van der Waals surface area contributed by atoms with E-state index in [0.717, 1.165) is 19.0 Å². The fourth-order valence-corrected chi connectivity index (χ4v) is 5.44. The summed E-state index contributed by atoms with van der Waals surface area (Å²) in [4.78, 5) is 8.35. The van der Waals surface area contributed by atoms with E-state index >= 15 is 0 Å². The highest BCUT2D eigenvalue weighted by atomic mass is 32.2. The van der Waals surface area contributed by atoms with Gasteiger partial charge in [0.05, 0.1) is 0 Å². The number of pyridine rings is 1. The Kier molecular flexibility index (Phi) is 11.0. The molecule has 1 aromatic heterocycles. The van der Waals surface area contributed by atoms with Crippen LogP contribution >= 0.6 is 11.9 Å². The number of aromatic nitrogens is 1. The Hall–Kier alpha value is -2.14. The van der Waals surface area contributed by atoms with Crippen molar-refractivity contribution in [2.75, 3.05) is 33.2 Å². The molecular weight excluding hydrogens is 422 g/mol. The maximum atomic E-state index is 4.40. The van der Waals surface area contributed by atoms with Gasteiger partial charge < -0.3 is 4.90 Å². The van der Waals surface area contributed by atoms with Gasteiger partial charge in [0.1, 0.15) is 0 Å². The first kappa shape index (κ1) is 25.5. The molecular formula is C29H39N3S. The predicted molar refractivity (Wildman–Crippen MR) is 143 cm³/mol. The summed E-state index contributed by atoms with van der Waals surface area (Å²) in [5.74, 6) is 1.21. The van der Waals surface area contributed by atoms with Crippen LogP contribution in [0.5, 0.6) is 0 Å². The van der Waals surface area contributed by atoms with Crippen molar-refractivity contribution in [3.05, 3.63) is 96.3 Å². The third-order valence-electron chi connectivity index (χ3n) is 6.29. The second kappa shape index (κ2) is 14.2. The van der Waals surface area contributed by atoms with Crippen LogP contribution in [0.3, 0.4) is 0 Å². The molecule has 2 heterocycles. The molecule has 0 radical (unpaired) electrons. The van der Waals surface area contributed by atoms with Crippen molar-refractivity contribution in [2.24, 2.45) is 0 Å². The molecule has 4 rings (SSSR count). The fourth-order valence-electron chi connectivity index (χ4n) is 4.54. The highest BCUT2D eigenvalue weighted by molar-refractivity contribution is 7.97. The van der Waals surface area contributed by atoms with Crippen molar-refractivity contribution >= 4 is 11.9 Å². The van der Waals surface area contributed by atoms with Gasteiger partial charge in [0.25, 0.3) is 0 Å². The average Bonchev–Trinajstić information content (AvgIpc) is 2.89. The molecule has 2 aromatic carbocycles. The van der Waals surface area contributed by atoms with Crippen molar-refractivity contribution < 1.29 is 0 Å². The van der Waals surface area contributed by atoms with Crippen molar-refractivity contribution in [3.63, 3.8) is 0 Å². The number of likely N-dealkylation sites (tertiary alicyclic amines) is 1. The monoisotopic (exact) mass is 461 g/mol. The molecule has 1 fully saturated rings. The summed E-state index contributed by atoms with van der Waals surface area (Å²) in [7, 11) is 2.20. The van der Waals surface area contributed by atoms with Gasteiger partial charge in [-0.3, -0.25) is 4.98 Å². The molecule has 3 nitrogen and oxygen atoms in total. The summed E-state index contributed by atoms with van der Waals surface area (Å²) in [5.41, 5.74) is 2.86. The molecule has 1 aliphatic heterocycles. The smallest absolute Gasteiger partial charge is 0.0303 e. The second-order valence-electron chi connectivity index (χ2n) is 8.51. The molecule has 0 aliphatic carbocycles. The zero-order valence-corrected chi connectivity index (χ0v) is 21.3. The highest BCUT2D eigenvalue weighted by Crippen LogP contribution is 2.30. The van der Waals surface area contributed by atoms with E-state index in [9.17, 15) is 0 Å². The molecule has 0 spiro atoms. The van der Waals surface area contributed by atoms with Gasteiger partial charge in [-0.1, -0.05) is 68.4 Å². The second-order valence-corrected chi connectivity index (χ2v) is 9.79. The zero-order valence-electron chi connectivity index (χ0n) is 20.4. The lowest BCUT2D eigenvalue weighted by Gasteiger charge is -2.33. The minimum Gasteiger partial charge on any atom is -0.303 e. The lowest BCUT2D eigenvalue weighted by Crippen LogP contribution is -2.35. The number of likely N-dealkylation sites (N-methyl/N-ethyl adjacent to an activating group) is 1. The van der Waals surface area contributed by atoms with Crippen LogP contribution in [0, 0.1) is 0 Å². The van der Waals surface area contributed by atoms with E-state index in [1.165, 1.54) is 48.4 Å². The zero-order chi connectivity index (χ0) is 23.3. The number of hydrogen-bond donors (Lipinski definition) is 0. The van der Waals surface area contributed by atoms with E-state index in [1.54, 1.807) is 0 Å². The predicted octanol–water partition coefficient (Wildman–Crippen LogP) is 7.10. The average molecular weight is 462 g/mol. The summed E-state index contributed by atoms with van der Waals surface area (Å²) in [6, 6.07) is 26.0. The minimum atomic E-state index is 0.488. The summed E-state index contributed by atoms with van der Waals surface area (Å²) < 4.78 is 2.37. The Labute approximate surface area is 205 Å². The Morgan fingerprint density at radius 1 is 0.939 bits per heavy atom. The third kappa shape index (κ3) is 8.29. The molecule has 0 amide bonds. The molecule has 1 unspecified atom stereocenters. The molecule has 1 atom stereocenters. The van der Waals surface area contributed by atoms with Crippen LogP contribution in [-0.4, -0.2) is 47.4 Å². The Morgan fingerprint density at radius 3 is 2.24 bits per heavy atom. The fraction of sp³-hybridized carbons (Fsp3) is 0.414. The van der Waals surface area contributed by atoms with E-state index in [-0.39, 0.29) is 0 Å². The largest absolute Gasteiger partial charge is 0.303 e. The van der Waals surface area contributed by atoms with Crippen molar-refractivity contribution in [2.45, 2.75) is 49.8 Å². The Balaban J connectivity index is 0.00000149. The molecule has 1 saturated heterocycles. The standard InChI is InChI=1S/C27H33N3S.C2H6/c1-29(31-27-12-6-3-7-13-27)22-26(25-11-8-17-28-21-25)16-20-30-18-14-24(15-19-30)23-9-4-2-5-10-23;1-2/h2-13,17,21,24,26H,14-16,18-20,22H2,1H3;1-2H3. The maximum Gasteiger partial charge on any atom is 0.0303 e. The lowest BCUT2D eigenvalue weighted by molar-refractivity contribution is 0.203. The van der Waals surface area contributed by atoms with Crippen molar-refractivity contribution in [1.29, 1.82) is 0 Å². The third-order valence-corrected chi connectivity index (χ3v) is 7.23. The number of benzene rings is 2. The summed E-state index contributed by atoms with van der Waals surface area (Å²) in [6.07, 6.45) is 7.63. The molecule has 176 valence electrons. The van der Waals surface area contributed by atoms with Crippen LogP contribution in [0.2, 0.25) is 0 Å². The van der Waals surface area contributed by atoms with Crippen LogP contribution in [0.4, 0.5) is 0 Å². The molecule has 4 heteroatoms. The first-order valence-corrected chi connectivity index (χ1v) is 13.2. The topological polar surface area (TPSA) is 19.4 Å². The van der Waals surface area contributed by atoms with E-state index < -0.39 is 0 Å². The number of hydrogen-bond acceptors (Lipinski definition) is 4. The minimum absolute atomic E-state index is 0.488. The van der Waals surface area contributed by atoms with Crippen LogP contribution in [-0.2, 0) is 0 Å². The SMILES string of the molecule is CC.CN(CC(CCN1CCC(c2ccccc2)CC1)c1cccnc1)Sc1ccccc1. The van der Waals surface area contributed by atoms with E-state index in [4.69, 9.17) is 0 Å².